The van der Waals surface area contributed by atoms with Crippen LogP contribution in [0.1, 0.15) is 30.9 Å². The van der Waals surface area contributed by atoms with E-state index in [4.69, 9.17) is 20.2 Å². The highest BCUT2D eigenvalue weighted by molar-refractivity contribution is 6.40. The molecule has 0 fully saturated rings. The van der Waals surface area contributed by atoms with E-state index < -0.39 is 5.21 Å². The van der Waals surface area contributed by atoms with Crippen LogP contribution in [0, 0.1) is 19.8 Å². The number of hydrogen-bond acceptors (Lipinski definition) is 2. The molecule has 0 spiro atoms. The Morgan fingerprint density at radius 1 is 1.31 bits per heavy atom. The van der Waals surface area contributed by atoms with Gasteiger partial charge in [-0.3, -0.25) is 0 Å². The van der Waals surface area contributed by atoms with E-state index in [1.807, 2.05) is 27.7 Å². The van der Waals surface area contributed by atoms with E-state index >= 15 is 0 Å². The van der Waals surface area contributed by atoms with Gasteiger partial charge in [0.15, 0.2) is 0 Å². The molecule has 0 saturated heterocycles. The first-order valence-electron chi connectivity index (χ1n) is 4.38. The monoisotopic (exact) mass is 173 g/mol. The second kappa shape index (κ2) is 3.24. The first kappa shape index (κ1) is 10.4. The van der Waals surface area contributed by atoms with Crippen LogP contribution in [-0.2, 0) is 5.21 Å². The summed E-state index contributed by atoms with van der Waals surface area (Å²) in [4.78, 5) is 0. The Bertz CT molecular complexity index is 285. The number of aryl methyl sites for hydroxylation is 2. The maximum absolute atomic E-state index is 6.00. The lowest BCUT2D eigenvalue weighted by Gasteiger charge is -2.30. The van der Waals surface area contributed by atoms with E-state index in [1.54, 1.807) is 0 Å². The Morgan fingerprint density at radius 2 is 1.85 bits per heavy atom. The van der Waals surface area contributed by atoms with Crippen molar-refractivity contribution in [3.8, 4) is 0 Å². The van der Waals surface area contributed by atoms with Gasteiger partial charge in [0.1, 0.15) is 5.76 Å². The van der Waals surface area contributed by atoms with Crippen LogP contribution in [0.15, 0.2) is 4.52 Å². The van der Waals surface area contributed by atoms with Gasteiger partial charge in [-0.25, -0.2) is 0 Å². The maximum Gasteiger partial charge on any atom is 0.136 e. The van der Waals surface area contributed by atoms with E-state index in [0.717, 1.165) is 11.3 Å². The summed E-state index contributed by atoms with van der Waals surface area (Å²) in [6.07, 6.45) is 0. The molecule has 0 bridgehead atoms. The minimum absolute atomic E-state index is 0.143. The second-order valence-corrected chi connectivity index (χ2v) is 3.79. The Kier molecular flexibility index (Phi) is 2.60. The predicted molar refractivity (Wildman–Crippen MR) is 54.0 cm³/mol. The average molecular weight is 173 g/mol. The lowest BCUT2D eigenvalue weighted by molar-refractivity contribution is 0.390. The van der Waals surface area contributed by atoms with Crippen LogP contribution in [0.25, 0.3) is 0 Å². The average Bonchev–Trinajstić information content (AvgIpc) is 2.30. The third-order valence-electron chi connectivity index (χ3n) is 2.42. The fourth-order valence-electron chi connectivity index (χ4n) is 1.39. The Hall–Kier alpha value is -0.660. The fourth-order valence-corrected chi connectivity index (χ4v) is 1.39. The number of nitrogens with zero attached hydrogens (tertiary/aromatic N) is 1. The van der Waals surface area contributed by atoms with Gasteiger partial charge in [-0.15, -0.1) is 0 Å². The molecule has 1 aromatic heterocycles. The zero-order valence-corrected chi connectivity index (χ0v) is 8.59. The molecule has 4 heteroatoms. The van der Waals surface area contributed by atoms with E-state index in [-0.39, 0.29) is 5.92 Å². The highest BCUT2D eigenvalue weighted by atomic mass is 16.5. The van der Waals surface area contributed by atoms with Crippen molar-refractivity contribution in [2.75, 3.05) is 0 Å². The standard InChI is InChI=1S/C9H13B2NO/c1-5(2)9(10,11)8-6(3)12-13-7(8)4/h5H,1-4H3. The number of rotatable bonds is 2. The van der Waals surface area contributed by atoms with Crippen LogP contribution in [0.2, 0.25) is 0 Å². The highest BCUT2D eigenvalue weighted by Crippen LogP contribution is 2.30. The van der Waals surface area contributed by atoms with Crippen LogP contribution >= 0.6 is 0 Å². The number of aromatic nitrogens is 1. The first-order chi connectivity index (χ1) is 5.87. The van der Waals surface area contributed by atoms with Crippen molar-refractivity contribution in [3.05, 3.63) is 17.0 Å². The summed E-state index contributed by atoms with van der Waals surface area (Å²) in [6, 6.07) is 0. The van der Waals surface area contributed by atoms with Gasteiger partial charge in [0.05, 0.1) is 21.4 Å². The van der Waals surface area contributed by atoms with Gasteiger partial charge in [-0.2, -0.15) is 0 Å². The predicted octanol–water partition coefficient (Wildman–Crippen LogP) is 1.44. The van der Waals surface area contributed by atoms with Crippen molar-refractivity contribution >= 4 is 15.7 Å². The molecule has 0 saturated carbocycles. The Balaban J connectivity index is 3.20. The van der Waals surface area contributed by atoms with Gasteiger partial charge in [-0.1, -0.05) is 30.1 Å². The zero-order valence-electron chi connectivity index (χ0n) is 8.59. The van der Waals surface area contributed by atoms with Crippen LogP contribution in [0.4, 0.5) is 0 Å². The van der Waals surface area contributed by atoms with Gasteiger partial charge in [0.2, 0.25) is 0 Å². The highest BCUT2D eigenvalue weighted by Gasteiger charge is 2.29. The van der Waals surface area contributed by atoms with Crippen LogP contribution in [-0.4, -0.2) is 20.8 Å². The lowest BCUT2D eigenvalue weighted by atomic mass is 9.45. The summed E-state index contributed by atoms with van der Waals surface area (Å²) in [5, 5.41) is 2.98. The molecule has 0 unspecified atom stereocenters. The van der Waals surface area contributed by atoms with Crippen molar-refractivity contribution < 1.29 is 4.52 Å². The van der Waals surface area contributed by atoms with Crippen LogP contribution in [0.3, 0.4) is 0 Å². The minimum atomic E-state index is -0.853. The van der Waals surface area contributed by atoms with Gasteiger partial charge in [0, 0.05) is 5.56 Å². The molecular formula is C9H13B2NO. The molecule has 0 aliphatic carbocycles. The quantitative estimate of drug-likeness (QED) is 0.632. The topological polar surface area (TPSA) is 26.0 Å². The molecule has 1 rings (SSSR count). The van der Waals surface area contributed by atoms with Crippen molar-refractivity contribution in [3.63, 3.8) is 0 Å². The zero-order chi connectivity index (χ0) is 10.2. The normalized spacial score (nSPS) is 12.4. The molecule has 1 heterocycles. The van der Waals surface area contributed by atoms with Gasteiger partial charge < -0.3 is 4.52 Å². The molecule has 66 valence electrons. The van der Waals surface area contributed by atoms with Crippen molar-refractivity contribution in [1.29, 1.82) is 0 Å². The molecule has 0 amide bonds. The largest absolute Gasteiger partial charge is 0.361 e. The van der Waals surface area contributed by atoms with E-state index in [2.05, 4.69) is 5.16 Å². The molecule has 2 nitrogen and oxygen atoms in total. The SMILES string of the molecule is [B]C([B])(c1c(C)noc1C)C(C)C. The molecule has 13 heavy (non-hydrogen) atoms. The molecule has 4 radical (unpaired) electrons. The van der Waals surface area contributed by atoms with Crippen molar-refractivity contribution in [1.82, 2.24) is 5.16 Å². The first-order valence-corrected chi connectivity index (χ1v) is 4.38. The van der Waals surface area contributed by atoms with Gasteiger partial charge >= 0.3 is 0 Å². The molecule has 0 aliphatic rings. The van der Waals surface area contributed by atoms with E-state index in [1.165, 1.54) is 0 Å². The lowest BCUT2D eigenvalue weighted by Crippen LogP contribution is -2.34. The third-order valence-corrected chi connectivity index (χ3v) is 2.42. The minimum Gasteiger partial charge on any atom is -0.361 e. The second-order valence-electron chi connectivity index (χ2n) is 3.79. The van der Waals surface area contributed by atoms with Crippen molar-refractivity contribution in [2.45, 2.75) is 32.9 Å². The smallest absolute Gasteiger partial charge is 0.136 e. The molecule has 0 atom stereocenters. The van der Waals surface area contributed by atoms with E-state index in [9.17, 15) is 0 Å². The Morgan fingerprint density at radius 3 is 2.15 bits per heavy atom. The summed E-state index contributed by atoms with van der Waals surface area (Å²) in [5.41, 5.74) is 1.60. The molecule has 0 N–H and O–H groups in total. The molecule has 1 aromatic rings. The fraction of sp³-hybridized carbons (Fsp3) is 0.667. The summed E-state index contributed by atoms with van der Waals surface area (Å²) in [7, 11) is 12.0. The summed E-state index contributed by atoms with van der Waals surface area (Å²) in [6.45, 7) is 7.63. The number of hydrogen-bond donors (Lipinski definition) is 0. The molecular weight excluding hydrogens is 160 g/mol. The van der Waals surface area contributed by atoms with Crippen molar-refractivity contribution in [2.24, 2.45) is 5.92 Å². The molecule has 0 aromatic carbocycles. The van der Waals surface area contributed by atoms with Crippen LogP contribution in [0.5, 0.6) is 0 Å². The maximum atomic E-state index is 6.00. The Labute approximate surface area is 81.9 Å². The summed E-state index contributed by atoms with van der Waals surface area (Å²) in [5.74, 6) is 0.848. The van der Waals surface area contributed by atoms with E-state index in [0.29, 0.717) is 5.76 Å². The van der Waals surface area contributed by atoms with Gasteiger partial charge in [0.25, 0.3) is 0 Å². The van der Waals surface area contributed by atoms with Crippen LogP contribution < -0.4 is 0 Å². The summed E-state index contributed by atoms with van der Waals surface area (Å²) < 4.78 is 5.02. The third kappa shape index (κ3) is 1.67. The summed E-state index contributed by atoms with van der Waals surface area (Å²) >= 11 is 0. The van der Waals surface area contributed by atoms with Gasteiger partial charge in [-0.05, 0) is 13.8 Å². The molecule has 0 aliphatic heterocycles.